The van der Waals surface area contributed by atoms with E-state index in [1.54, 1.807) is 0 Å². The van der Waals surface area contributed by atoms with E-state index < -0.39 is 27.6 Å². The van der Waals surface area contributed by atoms with Gasteiger partial charge in [-0.25, -0.2) is 12.8 Å². The zero-order chi connectivity index (χ0) is 24.5. The summed E-state index contributed by atoms with van der Waals surface area (Å²) in [6.45, 7) is 3.13. The molecule has 0 radical (unpaired) electrons. The fourth-order valence-electron chi connectivity index (χ4n) is 3.76. The van der Waals surface area contributed by atoms with Gasteiger partial charge in [-0.3, -0.25) is 4.90 Å². The summed E-state index contributed by atoms with van der Waals surface area (Å²) in [7, 11) is -3.57. The molecule has 0 bridgehead atoms. The zero-order valence-electron chi connectivity index (χ0n) is 18.2. The van der Waals surface area contributed by atoms with E-state index >= 15 is 0 Å². The Morgan fingerprint density at radius 3 is 2.38 bits per heavy atom. The number of aromatic nitrogens is 2. The van der Waals surface area contributed by atoms with E-state index in [1.807, 2.05) is 11.8 Å². The van der Waals surface area contributed by atoms with Gasteiger partial charge in [-0.15, -0.1) is 0 Å². The van der Waals surface area contributed by atoms with Crippen LogP contribution in [0.3, 0.4) is 0 Å². The molecule has 4 rings (SSSR count). The van der Waals surface area contributed by atoms with E-state index in [2.05, 4.69) is 10.1 Å². The highest BCUT2D eigenvalue weighted by Crippen LogP contribution is 2.32. The van der Waals surface area contributed by atoms with Crippen LogP contribution >= 0.6 is 0 Å². The summed E-state index contributed by atoms with van der Waals surface area (Å²) in [6, 6.07) is 9.67. The van der Waals surface area contributed by atoms with Crippen molar-refractivity contribution >= 4 is 10.0 Å². The monoisotopic (exact) mass is 498 g/mol. The van der Waals surface area contributed by atoms with Crippen LogP contribution in [-0.2, 0) is 22.0 Å². The van der Waals surface area contributed by atoms with Crippen LogP contribution in [0.15, 0.2) is 53.1 Å². The van der Waals surface area contributed by atoms with Crippen molar-refractivity contribution in [3.63, 3.8) is 0 Å². The van der Waals surface area contributed by atoms with Gasteiger partial charge < -0.3 is 4.52 Å². The SMILES string of the molecule is CC(c1nc(-c2cccc(C(F)(F)F)c2)no1)N1CCN(S(=O)(=O)Cc2ccc(F)cc2)CC1. The molecular formula is C22H22F4N4O3S. The van der Waals surface area contributed by atoms with Gasteiger partial charge in [0.15, 0.2) is 0 Å². The largest absolute Gasteiger partial charge is 0.416 e. The fourth-order valence-corrected chi connectivity index (χ4v) is 5.28. The summed E-state index contributed by atoms with van der Waals surface area (Å²) in [5.41, 5.74) is -0.110. The van der Waals surface area contributed by atoms with Crippen molar-refractivity contribution in [1.29, 1.82) is 0 Å². The van der Waals surface area contributed by atoms with Crippen molar-refractivity contribution in [1.82, 2.24) is 19.3 Å². The molecule has 2 aromatic carbocycles. The molecule has 1 unspecified atom stereocenters. The third-order valence-electron chi connectivity index (χ3n) is 5.72. The van der Waals surface area contributed by atoms with Crippen molar-refractivity contribution in [2.75, 3.05) is 26.2 Å². The van der Waals surface area contributed by atoms with Crippen LogP contribution in [0.1, 0.15) is 30.0 Å². The lowest BCUT2D eigenvalue weighted by molar-refractivity contribution is -0.137. The van der Waals surface area contributed by atoms with Gasteiger partial charge in [-0.1, -0.05) is 29.4 Å². The van der Waals surface area contributed by atoms with E-state index in [0.29, 0.717) is 18.7 Å². The number of nitrogens with zero attached hydrogens (tertiary/aromatic N) is 4. The predicted octanol–water partition coefficient (Wildman–Crippen LogP) is 4.10. The second-order valence-electron chi connectivity index (χ2n) is 8.03. The molecule has 1 aliphatic heterocycles. The Kier molecular flexibility index (Phi) is 6.74. The van der Waals surface area contributed by atoms with Gasteiger partial charge in [0.05, 0.1) is 17.4 Å². The maximum Gasteiger partial charge on any atom is 0.416 e. The number of halogens is 4. The van der Waals surface area contributed by atoms with Gasteiger partial charge in [0.25, 0.3) is 0 Å². The first-order valence-electron chi connectivity index (χ1n) is 10.5. The Morgan fingerprint density at radius 1 is 1.06 bits per heavy atom. The first-order chi connectivity index (χ1) is 16.0. The summed E-state index contributed by atoms with van der Waals surface area (Å²) >= 11 is 0. The molecule has 12 heteroatoms. The van der Waals surface area contributed by atoms with Crippen LogP contribution in [0.25, 0.3) is 11.4 Å². The average Bonchev–Trinajstić information content (AvgIpc) is 3.30. The number of benzene rings is 2. The zero-order valence-corrected chi connectivity index (χ0v) is 19.0. The van der Waals surface area contributed by atoms with Crippen molar-refractivity contribution in [3.8, 4) is 11.4 Å². The minimum absolute atomic E-state index is 0.0495. The number of piperazine rings is 1. The molecular weight excluding hydrogens is 476 g/mol. The summed E-state index contributed by atoms with van der Waals surface area (Å²) in [6.07, 6.45) is -4.48. The molecule has 0 amide bonds. The Bertz CT molecular complexity index is 1240. The van der Waals surface area contributed by atoms with Gasteiger partial charge in [0.2, 0.25) is 21.7 Å². The maximum atomic E-state index is 13.1. The summed E-state index contributed by atoms with van der Waals surface area (Å²) in [5, 5.41) is 3.82. The first kappa shape index (κ1) is 24.3. The van der Waals surface area contributed by atoms with Crippen LogP contribution in [0.4, 0.5) is 17.6 Å². The average molecular weight is 499 g/mol. The molecule has 3 aromatic rings. The standard InChI is InChI=1S/C22H22F4N4O3S/c1-15(21-27-20(28-33-21)17-3-2-4-18(13-17)22(24,25)26)29-9-11-30(12-10-29)34(31,32)14-16-5-7-19(23)8-6-16/h2-8,13,15H,9-12,14H2,1H3. The maximum absolute atomic E-state index is 13.1. The molecule has 1 aromatic heterocycles. The Balaban J connectivity index is 1.39. The molecule has 7 nitrogen and oxygen atoms in total. The topological polar surface area (TPSA) is 79.5 Å². The van der Waals surface area contributed by atoms with Crippen LogP contribution in [-0.4, -0.2) is 53.9 Å². The first-order valence-corrected chi connectivity index (χ1v) is 12.1. The Hall–Kier alpha value is -2.83. The Morgan fingerprint density at radius 2 is 1.74 bits per heavy atom. The van der Waals surface area contributed by atoms with Crippen LogP contribution in [0.5, 0.6) is 0 Å². The minimum atomic E-state index is -4.48. The number of hydrogen-bond donors (Lipinski definition) is 0. The number of alkyl halides is 3. The molecule has 1 saturated heterocycles. The van der Waals surface area contributed by atoms with Crippen molar-refractivity contribution in [2.45, 2.75) is 24.9 Å². The molecule has 1 aliphatic rings. The molecule has 2 heterocycles. The lowest BCUT2D eigenvalue weighted by Crippen LogP contribution is -2.49. The normalized spacial score (nSPS) is 17.1. The van der Waals surface area contributed by atoms with Gasteiger partial charge in [-0.05, 0) is 36.8 Å². The minimum Gasteiger partial charge on any atom is -0.337 e. The van der Waals surface area contributed by atoms with Gasteiger partial charge in [-0.2, -0.15) is 22.5 Å². The van der Waals surface area contributed by atoms with E-state index in [1.165, 1.54) is 40.7 Å². The van der Waals surface area contributed by atoms with Crippen molar-refractivity contribution < 1.29 is 30.5 Å². The van der Waals surface area contributed by atoms with E-state index in [4.69, 9.17) is 4.52 Å². The molecule has 0 saturated carbocycles. The van der Waals surface area contributed by atoms with E-state index in [9.17, 15) is 26.0 Å². The third kappa shape index (κ3) is 5.45. The highest BCUT2D eigenvalue weighted by molar-refractivity contribution is 7.88. The third-order valence-corrected chi connectivity index (χ3v) is 7.57. The van der Waals surface area contributed by atoms with E-state index in [-0.39, 0.29) is 42.2 Å². The number of hydrogen-bond acceptors (Lipinski definition) is 6. The lowest BCUT2D eigenvalue weighted by atomic mass is 10.1. The smallest absolute Gasteiger partial charge is 0.337 e. The summed E-state index contributed by atoms with van der Waals surface area (Å²) < 4.78 is 84.2. The van der Waals surface area contributed by atoms with Gasteiger partial charge in [0, 0.05) is 31.7 Å². The molecule has 34 heavy (non-hydrogen) atoms. The van der Waals surface area contributed by atoms with Gasteiger partial charge >= 0.3 is 6.18 Å². The summed E-state index contributed by atoms with van der Waals surface area (Å²) in [5.74, 6) is -0.364. The number of sulfonamides is 1. The second-order valence-corrected chi connectivity index (χ2v) is 10.00. The second kappa shape index (κ2) is 9.43. The molecule has 0 N–H and O–H groups in total. The van der Waals surface area contributed by atoms with Crippen molar-refractivity contribution in [2.24, 2.45) is 0 Å². The molecule has 1 fully saturated rings. The van der Waals surface area contributed by atoms with Crippen LogP contribution < -0.4 is 0 Å². The van der Waals surface area contributed by atoms with Crippen LogP contribution in [0, 0.1) is 5.82 Å². The Labute approximate surface area is 194 Å². The highest BCUT2D eigenvalue weighted by Gasteiger charge is 2.32. The predicted molar refractivity (Wildman–Crippen MR) is 115 cm³/mol. The summed E-state index contributed by atoms with van der Waals surface area (Å²) in [4.78, 5) is 6.23. The van der Waals surface area contributed by atoms with Gasteiger partial charge in [0.1, 0.15) is 5.82 Å². The quantitative estimate of drug-likeness (QED) is 0.476. The number of rotatable bonds is 6. The molecule has 182 valence electrons. The molecule has 0 aliphatic carbocycles. The van der Waals surface area contributed by atoms with Crippen LogP contribution in [0.2, 0.25) is 0 Å². The lowest BCUT2D eigenvalue weighted by Gasteiger charge is -2.36. The fraction of sp³-hybridized carbons (Fsp3) is 0.364. The van der Waals surface area contributed by atoms with E-state index in [0.717, 1.165) is 12.1 Å². The van der Waals surface area contributed by atoms with Crippen molar-refractivity contribution in [3.05, 3.63) is 71.4 Å². The highest BCUT2D eigenvalue weighted by atomic mass is 32.2. The molecule has 0 spiro atoms. The molecule has 1 atom stereocenters.